The second kappa shape index (κ2) is 7.85. The van der Waals surface area contributed by atoms with E-state index in [0.717, 1.165) is 23.4 Å². The van der Waals surface area contributed by atoms with E-state index in [2.05, 4.69) is 15.5 Å². The van der Waals surface area contributed by atoms with Crippen LogP contribution in [0.15, 0.2) is 30.3 Å². The number of carbonyl (C=O) groups is 1. The molecule has 0 radical (unpaired) electrons. The summed E-state index contributed by atoms with van der Waals surface area (Å²) in [7, 11) is 0. The molecule has 7 heteroatoms. The number of amides is 1. The van der Waals surface area contributed by atoms with Gasteiger partial charge in [0.2, 0.25) is 11.0 Å². The molecule has 110 valence electrons. The van der Waals surface area contributed by atoms with Crippen molar-refractivity contribution in [1.82, 2.24) is 10.2 Å². The number of hydrogen-bond donors (Lipinski definition) is 1. The zero-order valence-electron chi connectivity index (χ0n) is 11.1. The highest BCUT2D eigenvalue weighted by molar-refractivity contribution is 7.15. The largest absolute Gasteiger partial charge is 0.297 e. The topological polar surface area (TPSA) is 54.9 Å². The normalized spacial score (nSPS) is 11.0. The summed E-state index contributed by atoms with van der Waals surface area (Å²) in [4.78, 5) is 11.7. The number of rotatable bonds is 6. The molecular formula is C14H13ClFN3OS. The Kier molecular flexibility index (Phi) is 5.83. The van der Waals surface area contributed by atoms with Crippen LogP contribution in [0.5, 0.6) is 0 Å². The number of hydrogen-bond acceptors (Lipinski definition) is 4. The standard InChI is InChI=1S/C14H13ClFN3OS/c15-9-1-2-13-18-19-14(21-13)17-12(20)8-5-10-3-6-11(16)7-4-10/h3-8H,1-2,9H2,(H,17,19,20)/b8-5+. The molecule has 2 rings (SSSR count). The Labute approximate surface area is 130 Å². The van der Waals surface area contributed by atoms with Gasteiger partial charge in [-0.25, -0.2) is 4.39 Å². The smallest absolute Gasteiger partial charge is 0.250 e. The van der Waals surface area contributed by atoms with Crippen LogP contribution in [0.1, 0.15) is 17.0 Å². The first kappa shape index (κ1) is 15.6. The maximum Gasteiger partial charge on any atom is 0.250 e. The molecule has 0 aliphatic rings. The fourth-order valence-electron chi connectivity index (χ4n) is 1.52. The summed E-state index contributed by atoms with van der Waals surface area (Å²) >= 11 is 6.93. The molecule has 0 unspecified atom stereocenters. The van der Waals surface area contributed by atoms with Gasteiger partial charge in [-0.1, -0.05) is 23.5 Å². The minimum atomic E-state index is -0.310. The highest BCUT2D eigenvalue weighted by atomic mass is 35.5. The van der Waals surface area contributed by atoms with Crippen molar-refractivity contribution >= 4 is 40.1 Å². The molecule has 1 N–H and O–H groups in total. The van der Waals surface area contributed by atoms with Gasteiger partial charge in [-0.15, -0.1) is 21.8 Å². The molecule has 1 amide bonds. The van der Waals surface area contributed by atoms with Gasteiger partial charge in [0.15, 0.2) is 0 Å². The monoisotopic (exact) mass is 325 g/mol. The van der Waals surface area contributed by atoms with E-state index in [1.807, 2.05) is 0 Å². The van der Waals surface area contributed by atoms with E-state index in [0.29, 0.717) is 11.0 Å². The van der Waals surface area contributed by atoms with Crippen LogP contribution in [-0.2, 0) is 11.2 Å². The molecule has 21 heavy (non-hydrogen) atoms. The summed E-state index contributed by atoms with van der Waals surface area (Å²) in [6.07, 6.45) is 4.55. The second-order valence-electron chi connectivity index (χ2n) is 4.17. The van der Waals surface area contributed by atoms with E-state index in [-0.39, 0.29) is 11.7 Å². The van der Waals surface area contributed by atoms with Crippen molar-refractivity contribution in [1.29, 1.82) is 0 Å². The van der Waals surface area contributed by atoms with Gasteiger partial charge in [0, 0.05) is 18.4 Å². The molecule has 0 saturated carbocycles. The molecule has 0 fully saturated rings. The zero-order chi connectivity index (χ0) is 15.1. The highest BCUT2D eigenvalue weighted by Gasteiger charge is 2.05. The molecule has 0 bridgehead atoms. The fourth-order valence-corrected chi connectivity index (χ4v) is 2.43. The molecule has 0 aliphatic heterocycles. The first-order chi connectivity index (χ1) is 10.2. The van der Waals surface area contributed by atoms with Gasteiger partial charge in [-0.3, -0.25) is 10.1 Å². The number of benzene rings is 1. The van der Waals surface area contributed by atoms with Gasteiger partial charge in [-0.2, -0.15) is 0 Å². The van der Waals surface area contributed by atoms with E-state index >= 15 is 0 Å². The van der Waals surface area contributed by atoms with Gasteiger partial charge in [-0.05, 0) is 30.2 Å². The maximum absolute atomic E-state index is 12.7. The van der Waals surface area contributed by atoms with Crippen LogP contribution < -0.4 is 5.32 Å². The van der Waals surface area contributed by atoms with E-state index in [1.54, 1.807) is 18.2 Å². The lowest BCUT2D eigenvalue weighted by Crippen LogP contribution is -2.07. The Morgan fingerprint density at radius 3 is 2.81 bits per heavy atom. The average molecular weight is 326 g/mol. The minimum Gasteiger partial charge on any atom is -0.297 e. The number of aromatic nitrogens is 2. The van der Waals surface area contributed by atoms with Crippen LogP contribution in [0, 0.1) is 5.82 Å². The first-order valence-electron chi connectivity index (χ1n) is 6.30. The zero-order valence-corrected chi connectivity index (χ0v) is 12.6. The van der Waals surface area contributed by atoms with Crippen LogP contribution in [0.4, 0.5) is 9.52 Å². The van der Waals surface area contributed by atoms with Crippen molar-refractivity contribution in [2.75, 3.05) is 11.2 Å². The molecule has 1 aromatic heterocycles. The van der Waals surface area contributed by atoms with Crippen molar-refractivity contribution < 1.29 is 9.18 Å². The molecule has 2 aromatic rings. The Morgan fingerprint density at radius 2 is 2.10 bits per heavy atom. The van der Waals surface area contributed by atoms with E-state index < -0.39 is 0 Å². The third-order valence-corrected chi connectivity index (χ3v) is 3.68. The van der Waals surface area contributed by atoms with Crippen molar-refractivity contribution in [3.63, 3.8) is 0 Å². The van der Waals surface area contributed by atoms with Gasteiger partial charge in [0.1, 0.15) is 10.8 Å². The lowest BCUT2D eigenvalue weighted by Gasteiger charge is -1.95. The summed E-state index contributed by atoms with van der Waals surface area (Å²) < 4.78 is 12.7. The van der Waals surface area contributed by atoms with Crippen LogP contribution in [-0.4, -0.2) is 22.0 Å². The van der Waals surface area contributed by atoms with E-state index in [4.69, 9.17) is 11.6 Å². The van der Waals surface area contributed by atoms with Gasteiger partial charge in [0.05, 0.1) is 0 Å². The van der Waals surface area contributed by atoms with Crippen molar-refractivity contribution in [3.8, 4) is 0 Å². The fraction of sp³-hybridized carbons (Fsp3) is 0.214. The first-order valence-corrected chi connectivity index (χ1v) is 7.65. The highest BCUT2D eigenvalue weighted by Crippen LogP contribution is 2.16. The van der Waals surface area contributed by atoms with Gasteiger partial charge < -0.3 is 0 Å². The van der Waals surface area contributed by atoms with E-state index in [9.17, 15) is 9.18 Å². The van der Waals surface area contributed by atoms with Crippen LogP contribution in [0.3, 0.4) is 0 Å². The molecule has 4 nitrogen and oxygen atoms in total. The molecule has 1 heterocycles. The lowest BCUT2D eigenvalue weighted by molar-refractivity contribution is -0.111. The Hall–Kier alpha value is -1.79. The number of aryl methyl sites for hydroxylation is 1. The van der Waals surface area contributed by atoms with Crippen LogP contribution in [0.2, 0.25) is 0 Å². The Morgan fingerprint density at radius 1 is 1.33 bits per heavy atom. The second-order valence-corrected chi connectivity index (χ2v) is 5.61. The minimum absolute atomic E-state index is 0.306. The SMILES string of the molecule is O=C(/C=C/c1ccc(F)cc1)Nc1nnc(CCCCl)s1. The molecule has 0 aliphatic carbocycles. The molecule has 1 aromatic carbocycles. The number of alkyl halides is 1. The Bertz CT molecular complexity index is 627. The quantitative estimate of drug-likeness (QED) is 0.653. The van der Waals surface area contributed by atoms with Gasteiger partial charge in [0.25, 0.3) is 0 Å². The number of anilines is 1. The third kappa shape index (κ3) is 5.24. The van der Waals surface area contributed by atoms with Crippen molar-refractivity contribution in [3.05, 3.63) is 46.7 Å². The Balaban J connectivity index is 1.89. The lowest BCUT2D eigenvalue weighted by atomic mass is 10.2. The molecule has 0 spiro atoms. The summed E-state index contributed by atoms with van der Waals surface area (Å²) in [5.74, 6) is -0.0453. The maximum atomic E-state index is 12.7. The van der Waals surface area contributed by atoms with Gasteiger partial charge >= 0.3 is 0 Å². The van der Waals surface area contributed by atoms with E-state index in [1.165, 1.54) is 29.5 Å². The number of nitrogens with one attached hydrogen (secondary N) is 1. The summed E-state index contributed by atoms with van der Waals surface area (Å²) in [6, 6.07) is 5.86. The predicted molar refractivity (Wildman–Crippen MR) is 83.0 cm³/mol. The van der Waals surface area contributed by atoms with Crippen LogP contribution >= 0.6 is 22.9 Å². The number of carbonyl (C=O) groups excluding carboxylic acids is 1. The number of halogens is 2. The van der Waals surface area contributed by atoms with Crippen LogP contribution in [0.25, 0.3) is 6.08 Å². The number of nitrogens with zero attached hydrogens (tertiary/aromatic N) is 2. The third-order valence-electron chi connectivity index (χ3n) is 2.52. The average Bonchev–Trinajstić information content (AvgIpc) is 2.92. The summed E-state index contributed by atoms with van der Waals surface area (Å²) in [5.41, 5.74) is 0.742. The summed E-state index contributed by atoms with van der Waals surface area (Å²) in [6.45, 7) is 0. The molecule has 0 atom stereocenters. The van der Waals surface area contributed by atoms with Crippen molar-refractivity contribution in [2.45, 2.75) is 12.8 Å². The molecular weight excluding hydrogens is 313 g/mol. The predicted octanol–water partition coefficient (Wildman–Crippen LogP) is 3.50. The summed E-state index contributed by atoms with van der Waals surface area (Å²) in [5, 5.41) is 11.8. The van der Waals surface area contributed by atoms with Crippen molar-refractivity contribution in [2.24, 2.45) is 0 Å². The molecule has 0 saturated heterocycles.